The SMILES string of the molecule is CC(C)[C@H]1COC(=O)[C@H](NC(=O)OCc2ccccc2)CC=CC[C@H](CC(=O)N[C@H](CO)Cc2ccccc2)C(=O)N1. The Hall–Kier alpha value is -4.18. The van der Waals surface area contributed by atoms with E-state index in [1.807, 2.05) is 74.5 Å². The molecule has 1 aliphatic rings. The number of carbonyl (C=O) groups is 4. The first kappa shape index (κ1) is 32.3. The highest BCUT2D eigenvalue weighted by Gasteiger charge is 2.29. The number of aliphatic hydroxyl groups is 1. The molecule has 0 aliphatic carbocycles. The molecule has 0 saturated heterocycles. The van der Waals surface area contributed by atoms with Gasteiger partial charge in [0.05, 0.1) is 24.6 Å². The van der Waals surface area contributed by atoms with Crippen LogP contribution in [0.1, 0.15) is 44.2 Å². The molecule has 0 unspecified atom stereocenters. The molecule has 2 aromatic carbocycles. The van der Waals surface area contributed by atoms with E-state index in [0.717, 1.165) is 11.1 Å². The van der Waals surface area contributed by atoms with E-state index in [9.17, 15) is 24.3 Å². The topological polar surface area (TPSA) is 143 Å². The molecule has 3 amide bonds. The summed E-state index contributed by atoms with van der Waals surface area (Å²) in [5, 5.41) is 18.1. The molecule has 4 N–H and O–H groups in total. The molecule has 4 atom stereocenters. The van der Waals surface area contributed by atoms with Gasteiger partial charge in [-0.15, -0.1) is 0 Å². The fraction of sp³-hybridized carbons (Fsp3) is 0.438. The third-order valence-electron chi connectivity index (χ3n) is 7.00. The fourth-order valence-corrected chi connectivity index (χ4v) is 4.44. The van der Waals surface area contributed by atoms with Gasteiger partial charge in [-0.1, -0.05) is 86.7 Å². The normalized spacial score (nSPS) is 20.3. The number of carbonyl (C=O) groups excluding carboxylic acids is 4. The zero-order valence-corrected chi connectivity index (χ0v) is 24.2. The average molecular weight is 580 g/mol. The number of hydrogen-bond acceptors (Lipinski definition) is 7. The van der Waals surface area contributed by atoms with Gasteiger partial charge < -0.3 is 30.5 Å². The zero-order chi connectivity index (χ0) is 30.3. The number of rotatable bonds is 10. The van der Waals surface area contributed by atoms with Crippen molar-refractivity contribution in [2.45, 2.75) is 64.3 Å². The van der Waals surface area contributed by atoms with Crippen molar-refractivity contribution in [3.63, 3.8) is 0 Å². The Morgan fingerprint density at radius 1 is 1.00 bits per heavy atom. The predicted octanol–water partition coefficient (Wildman–Crippen LogP) is 3.04. The molecule has 2 aromatic rings. The molecule has 10 heteroatoms. The highest BCUT2D eigenvalue weighted by molar-refractivity contribution is 5.86. The maximum absolute atomic E-state index is 13.2. The van der Waals surface area contributed by atoms with E-state index < -0.39 is 36.1 Å². The van der Waals surface area contributed by atoms with Crippen LogP contribution in [0.25, 0.3) is 0 Å². The largest absolute Gasteiger partial charge is 0.462 e. The highest BCUT2D eigenvalue weighted by atomic mass is 16.6. The molecule has 1 aliphatic heterocycles. The highest BCUT2D eigenvalue weighted by Crippen LogP contribution is 2.15. The van der Waals surface area contributed by atoms with Crippen molar-refractivity contribution in [1.82, 2.24) is 16.0 Å². The van der Waals surface area contributed by atoms with E-state index in [1.54, 1.807) is 12.2 Å². The van der Waals surface area contributed by atoms with E-state index >= 15 is 0 Å². The maximum atomic E-state index is 13.2. The first-order chi connectivity index (χ1) is 20.2. The second-order valence-corrected chi connectivity index (χ2v) is 10.7. The van der Waals surface area contributed by atoms with Crippen LogP contribution in [-0.4, -0.2) is 60.3 Å². The first-order valence-corrected chi connectivity index (χ1v) is 14.3. The summed E-state index contributed by atoms with van der Waals surface area (Å²) in [5.41, 5.74) is 1.79. The van der Waals surface area contributed by atoms with Gasteiger partial charge in [0, 0.05) is 6.42 Å². The van der Waals surface area contributed by atoms with Crippen molar-refractivity contribution in [2.24, 2.45) is 11.8 Å². The molecule has 10 nitrogen and oxygen atoms in total. The van der Waals surface area contributed by atoms with Crippen molar-refractivity contribution in [3.05, 3.63) is 83.9 Å². The van der Waals surface area contributed by atoms with Crippen molar-refractivity contribution < 1.29 is 33.8 Å². The predicted molar refractivity (Wildman–Crippen MR) is 157 cm³/mol. The summed E-state index contributed by atoms with van der Waals surface area (Å²) in [5.74, 6) is -2.06. The average Bonchev–Trinajstić information content (AvgIpc) is 2.98. The van der Waals surface area contributed by atoms with E-state index in [0.29, 0.717) is 6.42 Å². The minimum Gasteiger partial charge on any atom is -0.462 e. The summed E-state index contributed by atoms with van der Waals surface area (Å²) in [6.07, 6.45) is 3.38. The number of nitrogens with one attached hydrogen (secondary N) is 3. The van der Waals surface area contributed by atoms with Gasteiger partial charge in [0.15, 0.2) is 0 Å². The minimum atomic E-state index is -0.988. The number of cyclic esters (lactones) is 1. The van der Waals surface area contributed by atoms with Crippen LogP contribution in [0, 0.1) is 11.8 Å². The number of ether oxygens (including phenoxy) is 2. The summed E-state index contributed by atoms with van der Waals surface area (Å²) in [7, 11) is 0. The van der Waals surface area contributed by atoms with Crippen LogP contribution in [0.2, 0.25) is 0 Å². The summed E-state index contributed by atoms with van der Waals surface area (Å²) >= 11 is 0. The number of alkyl carbamates (subject to hydrolysis) is 1. The second-order valence-electron chi connectivity index (χ2n) is 10.7. The number of amides is 3. The van der Waals surface area contributed by atoms with Gasteiger partial charge in [0.1, 0.15) is 19.3 Å². The van der Waals surface area contributed by atoms with Crippen LogP contribution < -0.4 is 16.0 Å². The molecule has 0 fully saturated rings. The molecule has 42 heavy (non-hydrogen) atoms. The van der Waals surface area contributed by atoms with E-state index in [4.69, 9.17) is 9.47 Å². The molecule has 226 valence electrons. The third-order valence-corrected chi connectivity index (χ3v) is 7.00. The van der Waals surface area contributed by atoms with Gasteiger partial charge in [-0.05, 0) is 36.3 Å². The van der Waals surface area contributed by atoms with Crippen molar-refractivity contribution in [2.75, 3.05) is 13.2 Å². The van der Waals surface area contributed by atoms with Crippen LogP contribution in [0.5, 0.6) is 0 Å². The van der Waals surface area contributed by atoms with Gasteiger partial charge in [-0.25, -0.2) is 9.59 Å². The second kappa shape index (κ2) is 16.9. The Labute approximate surface area is 246 Å². The molecule has 0 aromatic heterocycles. The number of esters is 1. The lowest BCUT2D eigenvalue weighted by atomic mass is 9.96. The number of hydrogen-bond donors (Lipinski definition) is 4. The maximum Gasteiger partial charge on any atom is 0.408 e. The standard InChI is InChI=1S/C32H41N3O7/c1-22(2)28-21-41-31(39)27(35-32(40)42-20-24-13-7-4-8-14-24)16-10-9-15-25(30(38)34-28)18-29(37)33-26(19-36)17-23-11-5-3-6-12-23/h3-14,22,25-28,36H,15-21H2,1-2H3,(H,33,37)(H,34,38)(H,35,40)/t25-,26+,27-,28-/m1/s1. The Morgan fingerprint density at radius 2 is 1.64 bits per heavy atom. The van der Waals surface area contributed by atoms with Gasteiger partial charge in [0.2, 0.25) is 11.8 Å². The van der Waals surface area contributed by atoms with E-state index in [-0.39, 0.29) is 56.8 Å². The summed E-state index contributed by atoms with van der Waals surface area (Å²) in [6, 6.07) is 16.7. The van der Waals surface area contributed by atoms with Gasteiger partial charge in [-0.3, -0.25) is 9.59 Å². The lowest BCUT2D eigenvalue weighted by Crippen LogP contribution is -2.48. The third kappa shape index (κ3) is 11.0. The Morgan fingerprint density at radius 3 is 2.29 bits per heavy atom. The summed E-state index contributed by atoms with van der Waals surface area (Å²) < 4.78 is 10.8. The lowest BCUT2D eigenvalue weighted by Gasteiger charge is -2.26. The van der Waals surface area contributed by atoms with Crippen molar-refractivity contribution >= 4 is 23.9 Å². The van der Waals surface area contributed by atoms with E-state index in [2.05, 4.69) is 16.0 Å². The molecule has 0 bridgehead atoms. The molecule has 3 rings (SSSR count). The van der Waals surface area contributed by atoms with Crippen LogP contribution >= 0.6 is 0 Å². The summed E-state index contributed by atoms with van der Waals surface area (Å²) in [4.78, 5) is 51.4. The van der Waals surface area contributed by atoms with Crippen LogP contribution in [0.3, 0.4) is 0 Å². The monoisotopic (exact) mass is 579 g/mol. The number of benzene rings is 2. The molecule has 0 spiro atoms. The molecular weight excluding hydrogens is 538 g/mol. The van der Waals surface area contributed by atoms with E-state index in [1.165, 1.54) is 0 Å². The van der Waals surface area contributed by atoms with Gasteiger partial charge in [-0.2, -0.15) is 0 Å². The zero-order valence-electron chi connectivity index (χ0n) is 24.2. The minimum absolute atomic E-state index is 0.0535. The summed E-state index contributed by atoms with van der Waals surface area (Å²) in [6.45, 7) is 3.50. The number of aliphatic hydroxyl groups excluding tert-OH is 1. The molecule has 0 saturated carbocycles. The molecule has 0 radical (unpaired) electrons. The van der Waals surface area contributed by atoms with Crippen LogP contribution in [0.4, 0.5) is 4.79 Å². The van der Waals surface area contributed by atoms with Crippen LogP contribution in [0.15, 0.2) is 72.8 Å². The van der Waals surface area contributed by atoms with Gasteiger partial charge in [0.25, 0.3) is 0 Å². The Balaban J connectivity index is 1.64. The van der Waals surface area contributed by atoms with Gasteiger partial charge >= 0.3 is 12.1 Å². The molecular formula is C32H41N3O7. The van der Waals surface area contributed by atoms with Crippen LogP contribution in [-0.2, 0) is 36.9 Å². The Kier molecular flexibility index (Phi) is 13.0. The van der Waals surface area contributed by atoms with Crippen molar-refractivity contribution in [1.29, 1.82) is 0 Å². The fourth-order valence-electron chi connectivity index (χ4n) is 4.44. The molecule has 1 heterocycles. The first-order valence-electron chi connectivity index (χ1n) is 14.3. The quantitative estimate of drug-likeness (QED) is 0.250. The number of allylic oxidation sites excluding steroid dienone is 1. The van der Waals surface area contributed by atoms with Crippen molar-refractivity contribution in [3.8, 4) is 0 Å². The Bertz CT molecular complexity index is 1190. The lowest BCUT2D eigenvalue weighted by molar-refractivity contribution is -0.148. The smallest absolute Gasteiger partial charge is 0.408 e.